The number of rotatable bonds is 7. The van der Waals surface area contributed by atoms with Crippen molar-refractivity contribution in [3.63, 3.8) is 0 Å². The van der Waals surface area contributed by atoms with E-state index in [1.54, 1.807) is 82.3 Å². The van der Waals surface area contributed by atoms with E-state index in [0.717, 1.165) is 0 Å². The van der Waals surface area contributed by atoms with Crippen molar-refractivity contribution in [3.05, 3.63) is 77.2 Å². The topological polar surface area (TPSA) is 102 Å². The predicted molar refractivity (Wildman–Crippen MR) is 145 cm³/mol. The zero-order valence-electron chi connectivity index (χ0n) is 21.3. The summed E-state index contributed by atoms with van der Waals surface area (Å²) in [5.74, 6) is -0.121. The highest BCUT2D eigenvalue weighted by Gasteiger charge is 2.17. The number of esters is 1. The number of amides is 1. The molecule has 0 spiro atoms. The molecule has 0 fully saturated rings. The summed E-state index contributed by atoms with van der Waals surface area (Å²) in [6, 6.07) is 16.3. The highest BCUT2D eigenvalue weighted by molar-refractivity contribution is 6.32. The number of H-pyrrole nitrogens is 1. The quantitative estimate of drug-likeness (QED) is 0.205. The second kappa shape index (κ2) is 11.0. The smallest absolute Gasteiger partial charge is 0.412 e. The number of anilines is 3. The first kappa shape index (κ1) is 26.8. The molecule has 0 aliphatic rings. The normalized spacial score (nSPS) is 11.2. The Labute approximate surface area is 224 Å². The van der Waals surface area contributed by atoms with Crippen molar-refractivity contribution in [2.45, 2.75) is 33.3 Å². The van der Waals surface area contributed by atoms with E-state index >= 15 is 0 Å². The van der Waals surface area contributed by atoms with Crippen LogP contribution in [-0.2, 0) is 9.47 Å². The van der Waals surface area contributed by atoms with E-state index in [9.17, 15) is 14.0 Å². The number of halogens is 2. The van der Waals surface area contributed by atoms with E-state index in [2.05, 4.69) is 15.6 Å². The third-order valence-corrected chi connectivity index (χ3v) is 5.47. The number of carbonyl (C=O) groups excluding carboxylic acids is 2. The Morgan fingerprint density at radius 2 is 1.71 bits per heavy atom. The molecule has 0 aliphatic heterocycles. The second-order valence-corrected chi connectivity index (χ2v) is 9.72. The molecule has 3 N–H and O–H groups in total. The van der Waals surface area contributed by atoms with E-state index in [1.165, 1.54) is 6.07 Å². The fourth-order valence-electron chi connectivity index (χ4n) is 3.58. The van der Waals surface area contributed by atoms with Gasteiger partial charge in [-0.3, -0.25) is 5.32 Å². The summed E-state index contributed by atoms with van der Waals surface area (Å²) in [6.07, 6.45) is -0.549. The van der Waals surface area contributed by atoms with Crippen molar-refractivity contribution in [1.82, 2.24) is 4.98 Å². The van der Waals surface area contributed by atoms with Crippen LogP contribution in [0, 0.1) is 5.82 Å². The number of nitrogens with one attached hydrogen (secondary N) is 3. The minimum atomic E-state index is -0.596. The van der Waals surface area contributed by atoms with Crippen molar-refractivity contribution >= 4 is 51.6 Å². The molecule has 0 radical (unpaired) electrons. The van der Waals surface area contributed by atoms with Crippen LogP contribution in [0.3, 0.4) is 0 Å². The third-order valence-electron chi connectivity index (χ3n) is 5.18. The van der Waals surface area contributed by atoms with Crippen molar-refractivity contribution in [1.29, 1.82) is 0 Å². The molecule has 8 nitrogen and oxygen atoms in total. The highest BCUT2D eigenvalue weighted by atomic mass is 35.5. The Kier molecular flexibility index (Phi) is 7.78. The van der Waals surface area contributed by atoms with Crippen LogP contribution in [0.4, 0.5) is 26.2 Å². The van der Waals surface area contributed by atoms with Crippen LogP contribution in [-0.4, -0.2) is 29.3 Å². The molecule has 0 saturated heterocycles. The van der Waals surface area contributed by atoms with Crippen LogP contribution in [0.15, 0.2) is 60.7 Å². The highest BCUT2D eigenvalue weighted by Crippen LogP contribution is 2.35. The van der Waals surface area contributed by atoms with Gasteiger partial charge in [0, 0.05) is 22.4 Å². The van der Waals surface area contributed by atoms with Crippen LogP contribution in [0.2, 0.25) is 5.02 Å². The lowest BCUT2D eigenvalue weighted by atomic mass is 10.2. The standard InChI is InChI=1S/C28H27ClFN3O5/c1-5-36-26(34)23-15-19-22(12-11-21(30)25(19)33-23)31-17-8-13-24(20(29)14-17)37-18-9-6-16(7-10-18)32-27(35)38-28(2,3)4/h6-15,31,33H,5H2,1-4H3,(H,32,35). The molecule has 0 bridgehead atoms. The number of benzene rings is 3. The maximum absolute atomic E-state index is 14.4. The minimum absolute atomic E-state index is 0.157. The van der Waals surface area contributed by atoms with Gasteiger partial charge in [0.15, 0.2) is 0 Å². The van der Waals surface area contributed by atoms with Gasteiger partial charge in [-0.15, -0.1) is 0 Å². The SMILES string of the molecule is CCOC(=O)c1cc2c(Nc3ccc(Oc4ccc(NC(=O)OC(C)(C)C)cc4)c(Cl)c3)ccc(F)c2[nH]1. The fourth-order valence-corrected chi connectivity index (χ4v) is 3.80. The van der Waals surface area contributed by atoms with Gasteiger partial charge in [-0.05, 0) is 88.4 Å². The Bertz CT molecular complexity index is 1480. The molecule has 1 heterocycles. The van der Waals surface area contributed by atoms with Gasteiger partial charge in [0.05, 0.1) is 17.1 Å². The lowest BCUT2D eigenvalue weighted by Crippen LogP contribution is -2.27. The van der Waals surface area contributed by atoms with Gasteiger partial charge < -0.3 is 24.5 Å². The average molecular weight is 540 g/mol. The summed E-state index contributed by atoms with van der Waals surface area (Å²) >= 11 is 6.47. The lowest BCUT2D eigenvalue weighted by Gasteiger charge is -2.19. The summed E-state index contributed by atoms with van der Waals surface area (Å²) in [5, 5.41) is 6.69. The van der Waals surface area contributed by atoms with E-state index in [1.807, 2.05) is 0 Å². The number of ether oxygens (including phenoxy) is 3. The number of aromatic amines is 1. The third kappa shape index (κ3) is 6.54. The molecule has 1 aromatic heterocycles. The van der Waals surface area contributed by atoms with Crippen LogP contribution in [0.1, 0.15) is 38.2 Å². The van der Waals surface area contributed by atoms with Crippen molar-refractivity contribution < 1.29 is 28.2 Å². The second-order valence-electron chi connectivity index (χ2n) is 9.31. The Morgan fingerprint density at radius 3 is 2.37 bits per heavy atom. The Morgan fingerprint density at radius 1 is 1.00 bits per heavy atom. The first-order valence-corrected chi connectivity index (χ1v) is 12.2. The maximum Gasteiger partial charge on any atom is 0.412 e. The van der Waals surface area contributed by atoms with Crippen molar-refractivity contribution in [2.24, 2.45) is 0 Å². The molecular weight excluding hydrogens is 513 g/mol. The van der Waals surface area contributed by atoms with Gasteiger partial charge in [-0.25, -0.2) is 14.0 Å². The molecule has 0 atom stereocenters. The largest absolute Gasteiger partial charge is 0.461 e. The molecule has 10 heteroatoms. The van der Waals surface area contributed by atoms with Gasteiger partial charge in [-0.2, -0.15) is 0 Å². The van der Waals surface area contributed by atoms with Gasteiger partial charge in [-0.1, -0.05) is 11.6 Å². The predicted octanol–water partition coefficient (Wildman–Crippen LogP) is 8.02. The fraction of sp³-hybridized carbons (Fsp3) is 0.214. The van der Waals surface area contributed by atoms with Gasteiger partial charge in [0.2, 0.25) is 0 Å². The number of hydrogen-bond donors (Lipinski definition) is 3. The molecule has 198 valence electrons. The van der Waals surface area contributed by atoms with E-state index in [0.29, 0.717) is 39.0 Å². The Hall–Kier alpha value is -4.24. The first-order chi connectivity index (χ1) is 18.0. The number of fused-ring (bicyclic) bond motifs is 1. The molecule has 38 heavy (non-hydrogen) atoms. The van der Waals surface area contributed by atoms with Gasteiger partial charge in [0.25, 0.3) is 0 Å². The summed E-state index contributed by atoms with van der Waals surface area (Å²) in [4.78, 5) is 26.8. The van der Waals surface area contributed by atoms with Crippen LogP contribution in [0.5, 0.6) is 11.5 Å². The minimum Gasteiger partial charge on any atom is -0.461 e. The summed E-state index contributed by atoms with van der Waals surface area (Å²) in [6.45, 7) is 7.27. The van der Waals surface area contributed by atoms with Crippen LogP contribution >= 0.6 is 11.6 Å². The zero-order chi connectivity index (χ0) is 27.4. The van der Waals surface area contributed by atoms with Crippen molar-refractivity contribution in [2.75, 3.05) is 17.2 Å². The molecule has 1 amide bonds. The molecule has 3 aromatic carbocycles. The monoisotopic (exact) mass is 539 g/mol. The van der Waals surface area contributed by atoms with E-state index < -0.39 is 23.5 Å². The van der Waals surface area contributed by atoms with E-state index in [-0.39, 0.29) is 17.8 Å². The molecular formula is C28H27ClFN3O5. The molecule has 0 unspecified atom stereocenters. The summed E-state index contributed by atoms with van der Waals surface area (Å²) in [5.41, 5.74) is 1.51. The lowest BCUT2D eigenvalue weighted by molar-refractivity contribution is 0.0519. The molecule has 4 aromatic rings. The van der Waals surface area contributed by atoms with Crippen LogP contribution < -0.4 is 15.4 Å². The molecule has 0 saturated carbocycles. The first-order valence-electron chi connectivity index (χ1n) is 11.9. The summed E-state index contributed by atoms with van der Waals surface area (Å²) in [7, 11) is 0. The Balaban J connectivity index is 1.46. The number of hydrogen-bond acceptors (Lipinski definition) is 6. The molecule has 0 aliphatic carbocycles. The summed E-state index contributed by atoms with van der Waals surface area (Å²) < 4.78 is 30.5. The number of carbonyl (C=O) groups is 2. The molecule has 4 rings (SSSR count). The number of aromatic nitrogens is 1. The average Bonchev–Trinajstić information content (AvgIpc) is 3.30. The maximum atomic E-state index is 14.4. The van der Waals surface area contributed by atoms with Crippen LogP contribution in [0.25, 0.3) is 10.9 Å². The van der Waals surface area contributed by atoms with Crippen molar-refractivity contribution in [3.8, 4) is 11.5 Å². The van der Waals surface area contributed by atoms with Gasteiger partial charge in [0.1, 0.15) is 28.6 Å². The van der Waals surface area contributed by atoms with Gasteiger partial charge >= 0.3 is 12.1 Å². The van der Waals surface area contributed by atoms with E-state index in [4.69, 9.17) is 25.8 Å². The zero-order valence-corrected chi connectivity index (χ0v) is 22.0.